The average Bonchev–Trinajstić information content (AvgIpc) is 2.97. The molecule has 1 aromatic carbocycles. The molecule has 0 saturated heterocycles. The molecule has 0 unspecified atom stereocenters. The smallest absolute Gasteiger partial charge is 0.337 e. The SMILES string of the molecule is Cc1ccc(Cn2cnc3cccc(C(=O)O)c32)s1. The van der Waals surface area contributed by atoms with E-state index in [1.54, 1.807) is 29.8 Å². The molecule has 0 spiro atoms. The Morgan fingerprint density at radius 1 is 1.37 bits per heavy atom. The van der Waals surface area contributed by atoms with E-state index in [0.29, 0.717) is 23.1 Å². The van der Waals surface area contributed by atoms with Crippen molar-refractivity contribution in [3.63, 3.8) is 0 Å². The topological polar surface area (TPSA) is 55.1 Å². The van der Waals surface area contributed by atoms with Crippen LogP contribution in [0.25, 0.3) is 11.0 Å². The van der Waals surface area contributed by atoms with E-state index in [-0.39, 0.29) is 0 Å². The van der Waals surface area contributed by atoms with E-state index in [2.05, 4.69) is 24.0 Å². The third-order valence-corrected chi connectivity index (χ3v) is 3.98. The summed E-state index contributed by atoms with van der Waals surface area (Å²) in [5.74, 6) is -0.922. The van der Waals surface area contributed by atoms with Gasteiger partial charge in [-0.05, 0) is 31.2 Å². The maximum Gasteiger partial charge on any atom is 0.337 e. The molecule has 2 aromatic heterocycles. The molecule has 0 bridgehead atoms. The molecule has 1 N–H and O–H groups in total. The fourth-order valence-corrected chi connectivity index (χ4v) is 3.05. The summed E-state index contributed by atoms with van der Waals surface area (Å²) in [4.78, 5) is 18.0. The average molecular weight is 272 g/mol. The van der Waals surface area contributed by atoms with Gasteiger partial charge in [0.25, 0.3) is 0 Å². The number of imidazole rings is 1. The molecule has 5 heteroatoms. The standard InChI is InChI=1S/C14H12N2O2S/c1-9-5-6-10(19-9)7-16-8-15-12-4-2-3-11(13(12)16)14(17)18/h2-6,8H,7H2,1H3,(H,17,18). The maximum atomic E-state index is 11.3. The van der Waals surface area contributed by atoms with Crippen molar-refractivity contribution in [1.29, 1.82) is 0 Å². The number of aromatic nitrogens is 2. The van der Waals surface area contributed by atoms with E-state index in [1.165, 1.54) is 9.75 Å². The minimum atomic E-state index is -0.922. The summed E-state index contributed by atoms with van der Waals surface area (Å²) >= 11 is 1.71. The zero-order chi connectivity index (χ0) is 13.4. The van der Waals surface area contributed by atoms with Gasteiger partial charge in [0.1, 0.15) is 0 Å². The third-order valence-electron chi connectivity index (χ3n) is 2.99. The van der Waals surface area contributed by atoms with Crippen LogP contribution in [0.1, 0.15) is 20.1 Å². The zero-order valence-corrected chi connectivity index (χ0v) is 11.1. The van der Waals surface area contributed by atoms with Gasteiger partial charge in [-0.1, -0.05) is 6.07 Å². The monoisotopic (exact) mass is 272 g/mol. The second-order valence-electron chi connectivity index (χ2n) is 4.36. The molecule has 3 rings (SSSR count). The maximum absolute atomic E-state index is 11.3. The Hall–Kier alpha value is -2.14. The predicted octanol–water partition coefficient (Wildman–Crippen LogP) is 3.15. The number of carbonyl (C=O) groups is 1. The van der Waals surface area contributed by atoms with Gasteiger partial charge in [0.2, 0.25) is 0 Å². The lowest BCUT2D eigenvalue weighted by molar-refractivity contribution is 0.0698. The molecule has 0 aliphatic rings. The quantitative estimate of drug-likeness (QED) is 0.796. The predicted molar refractivity (Wildman–Crippen MR) is 74.9 cm³/mol. The number of nitrogens with zero attached hydrogens (tertiary/aromatic N) is 2. The van der Waals surface area contributed by atoms with E-state index in [9.17, 15) is 9.90 Å². The molecular weight excluding hydrogens is 260 g/mol. The second kappa shape index (κ2) is 4.51. The molecule has 2 heterocycles. The van der Waals surface area contributed by atoms with Gasteiger partial charge < -0.3 is 9.67 Å². The highest BCUT2D eigenvalue weighted by Crippen LogP contribution is 2.22. The highest BCUT2D eigenvalue weighted by Gasteiger charge is 2.13. The first kappa shape index (κ1) is 11.9. The van der Waals surface area contributed by atoms with Gasteiger partial charge in [0.05, 0.1) is 29.5 Å². The number of benzene rings is 1. The second-order valence-corrected chi connectivity index (χ2v) is 5.74. The Labute approximate surface area is 113 Å². The molecule has 0 aliphatic heterocycles. The molecule has 0 amide bonds. The summed E-state index contributed by atoms with van der Waals surface area (Å²) in [6.07, 6.45) is 1.70. The lowest BCUT2D eigenvalue weighted by Crippen LogP contribution is -2.03. The summed E-state index contributed by atoms with van der Waals surface area (Å²) < 4.78 is 1.89. The van der Waals surface area contributed by atoms with Crippen LogP contribution in [-0.2, 0) is 6.54 Å². The third kappa shape index (κ3) is 2.13. The van der Waals surface area contributed by atoms with Crippen molar-refractivity contribution < 1.29 is 9.90 Å². The van der Waals surface area contributed by atoms with Gasteiger partial charge >= 0.3 is 5.97 Å². The van der Waals surface area contributed by atoms with Crippen molar-refractivity contribution in [3.8, 4) is 0 Å². The Morgan fingerprint density at radius 3 is 2.89 bits per heavy atom. The highest BCUT2D eigenvalue weighted by molar-refractivity contribution is 7.11. The van der Waals surface area contributed by atoms with Gasteiger partial charge in [0, 0.05) is 9.75 Å². The van der Waals surface area contributed by atoms with Gasteiger partial charge in [0.15, 0.2) is 0 Å². The van der Waals surface area contributed by atoms with E-state index in [4.69, 9.17) is 0 Å². The Morgan fingerprint density at radius 2 is 2.21 bits per heavy atom. The van der Waals surface area contributed by atoms with Crippen LogP contribution in [0.5, 0.6) is 0 Å². The van der Waals surface area contributed by atoms with E-state index in [0.717, 1.165) is 0 Å². The van der Waals surface area contributed by atoms with E-state index >= 15 is 0 Å². The van der Waals surface area contributed by atoms with Crippen LogP contribution in [0.2, 0.25) is 0 Å². The van der Waals surface area contributed by atoms with Crippen LogP contribution < -0.4 is 0 Å². The molecule has 0 fully saturated rings. The van der Waals surface area contributed by atoms with Crippen LogP contribution >= 0.6 is 11.3 Å². The lowest BCUT2D eigenvalue weighted by Gasteiger charge is -2.04. The number of thiophene rings is 1. The van der Waals surface area contributed by atoms with Gasteiger partial charge in [-0.15, -0.1) is 11.3 Å². The molecule has 96 valence electrons. The van der Waals surface area contributed by atoms with Crippen LogP contribution in [0, 0.1) is 6.92 Å². The number of carboxylic acid groups (broad SMARTS) is 1. The zero-order valence-electron chi connectivity index (χ0n) is 10.3. The summed E-state index contributed by atoms with van der Waals surface area (Å²) in [6.45, 7) is 2.71. The van der Waals surface area contributed by atoms with Crippen molar-refractivity contribution in [2.75, 3.05) is 0 Å². The number of aromatic carboxylic acids is 1. The van der Waals surface area contributed by atoms with E-state index in [1.807, 2.05) is 10.6 Å². The fourth-order valence-electron chi connectivity index (χ4n) is 2.16. The molecule has 0 saturated carbocycles. The number of fused-ring (bicyclic) bond motifs is 1. The molecule has 0 atom stereocenters. The largest absolute Gasteiger partial charge is 0.478 e. The first-order valence-corrected chi connectivity index (χ1v) is 6.69. The van der Waals surface area contributed by atoms with Gasteiger partial charge in [-0.2, -0.15) is 0 Å². The minimum absolute atomic E-state index is 0.295. The number of aryl methyl sites for hydroxylation is 1. The van der Waals surface area contributed by atoms with Crippen molar-refractivity contribution in [3.05, 3.63) is 52.0 Å². The first-order chi connectivity index (χ1) is 9.15. The minimum Gasteiger partial charge on any atom is -0.478 e. The molecule has 19 heavy (non-hydrogen) atoms. The van der Waals surface area contributed by atoms with Crippen molar-refractivity contribution in [2.24, 2.45) is 0 Å². The summed E-state index contributed by atoms with van der Waals surface area (Å²) in [5, 5.41) is 9.26. The van der Waals surface area contributed by atoms with Crippen LogP contribution in [0.15, 0.2) is 36.7 Å². The Bertz CT molecular complexity index is 758. The summed E-state index contributed by atoms with van der Waals surface area (Å²) in [5.41, 5.74) is 1.69. The molecular formula is C14H12N2O2S. The number of para-hydroxylation sites is 1. The molecule has 3 aromatic rings. The number of rotatable bonds is 3. The fraction of sp³-hybridized carbons (Fsp3) is 0.143. The van der Waals surface area contributed by atoms with Crippen LogP contribution in [0.3, 0.4) is 0 Å². The first-order valence-electron chi connectivity index (χ1n) is 5.87. The number of hydrogen-bond donors (Lipinski definition) is 1. The van der Waals surface area contributed by atoms with Gasteiger partial charge in [-0.3, -0.25) is 0 Å². The highest BCUT2D eigenvalue weighted by atomic mass is 32.1. The van der Waals surface area contributed by atoms with Crippen molar-refractivity contribution in [1.82, 2.24) is 9.55 Å². The molecule has 0 radical (unpaired) electrons. The normalized spacial score (nSPS) is 11.0. The van der Waals surface area contributed by atoms with Crippen molar-refractivity contribution in [2.45, 2.75) is 13.5 Å². The number of hydrogen-bond acceptors (Lipinski definition) is 3. The van der Waals surface area contributed by atoms with E-state index < -0.39 is 5.97 Å². The Kier molecular flexibility index (Phi) is 2.83. The molecule has 4 nitrogen and oxygen atoms in total. The van der Waals surface area contributed by atoms with Crippen LogP contribution in [-0.4, -0.2) is 20.6 Å². The summed E-state index contributed by atoms with van der Waals surface area (Å²) in [7, 11) is 0. The van der Waals surface area contributed by atoms with Crippen LogP contribution in [0.4, 0.5) is 0 Å². The summed E-state index contributed by atoms with van der Waals surface area (Å²) in [6, 6.07) is 9.30. The molecule has 0 aliphatic carbocycles. The van der Waals surface area contributed by atoms with Crippen molar-refractivity contribution >= 4 is 28.3 Å². The Balaban J connectivity index is 2.11. The number of carboxylic acids is 1. The lowest BCUT2D eigenvalue weighted by atomic mass is 10.2. The van der Waals surface area contributed by atoms with Gasteiger partial charge in [-0.25, -0.2) is 9.78 Å².